The summed E-state index contributed by atoms with van der Waals surface area (Å²) in [5, 5.41) is 0. The second-order valence-electron chi connectivity index (χ2n) is 7.92. The number of carbonyl (C=O) groups excluding carboxylic acids is 3. The van der Waals surface area contributed by atoms with Crippen LogP contribution in [0.15, 0.2) is 24.3 Å². The Kier molecular flexibility index (Phi) is 4.98. The Morgan fingerprint density at radius 2 is 1.67 bits per heavy atom. The molecule has 3 aliphatic rings. The molecule has 0 aromatic heterocycles. The molecule has 27 heavy (non-hydrogen) atoms. The summed E-state index contributed by atoms with van der Waals surface area (Å²) in [6.07, 6.45) is 5.50. The number of imide groups is 1. The molecule has 2 atom stereocenters. The fourth-order valence-electron chi connectivity index (χ4n) is 4.42. The van der Waals surface area contributed by atoms with E-state index in [2.05, 4.69) is 0 Å². The number of rotatable bonds is 6. The van der Waals surface area contributed by atoms with Gasteiger partial charge in [0, 0.05) is 31.1 Å². The first-order chi connectivity index (χ1) is 13.1. The second-order valence-corrected chi connectivity index (χ2v) is 7.92. The zero-order valence-electron chi connectivity index (χ0n) is 15.4. The van der Waals surface area contributed by atoms with Crippen LogP contribution in [0.4, 0.5) is 4.39 Å². The number of hydrogen-bond donors (Lipinski definition) is 0. The maximum absolute atomic E-state index is 14.0. The molecule has 1 aliphatic heterocycles. The smallest absolute Gasteiger partial charge is 0.233 e. The van der Waals surface area contributed by atoms with Crippen LogP contribution in [0.5, 0.6) is 0 Å². The summed E-state index contributed by atoms with van der Waals surface area (Å²) in [6, 6.07) is 6.62. The molecule has 4 rings (SSSR count). The van der Waals surface area contributed by atoms with Crippen LogP contribution in [0, 0.1) is 17.7 Å². The molecule has 1 saturated heterocycles. The third-order valence-electron chi connectivity index (χ3n) is 6.09. The van der Waals surface area contributed by atoms with Crippen LogP contribution in [0.3, 0.4) is 0 Å². The van der Waals surface area contributed by atoms with Crippen molar-refractivity contribution in [2.24, 2.45) is 11.8 Å². The lowest BCUT2D eigenvalue weighted by Gasteiger charge is -2.24. The van der Waals surface area contributed by atoms with Gasteiger partial charge in [-0.3, -0.25) is 19.3 Å². The Hall–Kier alpha value is -2.24. The van der Waals surface area contributed by atoms with Crippen LogP contribution >= 0.6 is 0 Å². The molecule has 6 heteroatoms. The minimum absolute atomic E-state index is 0.107. The fourth-order valence-corrected chi connectivity index (χ4v) is 4.42. The van der Waals surface area contributed by atoms with E-state index in [0.717, 1.165) is 38.5 Å². The van der Waals surface area contributed by atoms with E-state index in [4.69, 9.17) is 0 Å². The van der Waals surface area contributed by atoms with Crippen molar-refractivity contribution in [2.75, 3.05) is 6.54 Å². The minimum Gasteiger partial charge on any atom is -0.335 e. The molecule has 0 spiro atoms. The Balaban J connectivity index is 1.39. The minimum atomic E-state index is -0.315. The van der Waals surface area contributed by atoms with E-state index in [9.17, 15) is 18.8 Å². The Labute approximate surface area is 158 Å². The summed E-state index contributed by atoms with van der Waals surface area (Å²) in [5.74, 6) is -1.01. The molecule has 2 unspecified atom stereocenters. The van der Waals surface area contributed by atoms with Crippen LogP contribution in [0.25, 0.3) is 0 Å². The van der Waals surface area contributed by atoms with Crippen LogP contribution in [-0.2, 0) is 20.9 Å². The van der Waals surface area contributed by atoms with E-state index < -0.39 is 0 Å². The normalized spacial score (nSPS) is 24.9. The van der Waals surface area contributed by atoms with Crippen molar-refractivity contribution >= 4 is 17.7 Å². The zero-order valence-corrected chi connectivity index (χ0v) is 15.4. The van der Waals surface area contributed by atoms with Gasteiger partial charge in [0.1, 0.15) is 5.82 Å². The quantitative estimate of drug-likeness (QED) is 0.722. The topological polar surface area (TPSA) is 57.7 Å². The van der Waals surface area contributed by atoms with E-state index >= 15 is 0 Å². The summed E-state index contributed by atoms with van der Waals surface area (Å²) < 4.78 is 14.0. The van der Waals surface area contributed by atoms with E-state index in [0.29, 0.717) is 5.56 Å². The molecule has 1 aromatic carbocycles. The molecule has 0 N–H and O–H groups in total. The van der Waals surface area contributed by atoms with Crippen LogP contribution in [0.1, 0.15) is 50.5 Å². The number of amides is 3. The van der Waals surface area contributed by atoms with Gasteiger partial charge in [-0.1, -0.05) is 31.0 Å². The maximum atomic E-state index is 14.0. The van der Waals surface area contributed by atoms with E-state index in [1.54, 1.807) is 23.1 Å². The Morgan fingerprint density at radius 3 is 2.26 bits per heavy atom. The Morgan fingerprint density at radius 1 is 1.04 bits per heavy atom. The summed E-state index contributed by atoms with van der Waals surface area (Å²) in [6.45, 7) is 0.382. The van der Waals surface area contributed by atoms with Crippen molar-refractivity contribution in [3.8, 4) is 0 Å². The summed E-state index contributed by atoms with van der Waals surface area (Å²) in [5.41, 5.74) is 0.497. The van der Waals surface area contributed by atoms with E-state index in [1.807, 2.05) is 0 Å². The molecule has 0 bridgehead atoms. The number of fused-ring (bicyclic) bond motifs is 1. The van der Waals surface area contributed by atoms with Crippen LogP contribution in [0.2, 0.25) is 0 Å². The standard InChI is InChI=1S/C21H25FN2O3/c22-18-8-4-1-5-14(18)13-24(15-9-10-15)19(25)11-12-23-20(26)16-6-2-3-7-17(16)21(23)27/h1,4-5,8,15-17H,2-3,6-7,9-13H2. The molecule has 3 amide bonds. The van der Waals surface area contributed by atoms with Crippen LogP contribution < -0.4 is 0 Å². The SMILES string of the molecule is O=C1C2CCCCC2C(=O)N1CCC(=O)N(Cc1ccccc1F)C1CC1. The van der Waals surface area contributed by atoms with Crippen molar-refractivity contribution < 1.29 is 18.8 Å². The van der Waals surface area contributed by atoms with Gasteiger partial charge in [0.2, 0.25) is 17.7 Å². The summed E-state index contributed by atoms with van der Waals surface area (Å²) in [4.78, 5) is 40.9. The highest BCUT2D eigenvalue weighted by Gasteiger charge is 2.48. The fraction of sp³-hybridized carbons (Fsp3) is 0.571. The molecule has 144 valence electrons. The average Bonchev–Trinajstić information content (AvgIpc) is 3.48. The first kappa shape index (κ1) is 18.1. The lowest BCUT2D eigenvalue weighted by atomic mass is 9.81. The predicted octanol–water partition coefficient (Wildman–Crippen LogP) is 2.88. The number of carbonyl (C=O) groups is 3. The van der Waals surface area contributed by atoms with Gasteiger partial charge in [0.05, 0.1) is 11.8 Å². The van der Waals surface area contributed by atoms with Gasteiger partial charge in [-0.15, -0.1) is 0 Å². The molecule has 1 aromatic rings. The average molecular weight is 372 g/mol. The monoisotopic (exact) mass is 372 g/mol. The van der Waals surface area contributed by atoms with E-state index in [1.165, 1.54) is 11.0 Å². The number of benzene rings is 1. The third-order valence-corrected chi connectivity index (χ3v) is 6.09. The molecule has 0 radical (unpaired) electrons. The summed E-state index contributed by atoms with van der Waals surface area (Å²) >= 11 is 0. The highest BCUT2D eigenvalue weighted by molar-refractivity contribution is 6.05. The van der Waals surface area contributed by atoms with Crippen molar-refractivity contribution in [1.29, 1.82) is 0 Å². The van der Waals surface area contributed by atoms with Crippen molar-refractivity contribution in [2.45, 2.75) is 57.5 Å². The lowest BCUT2D eigenvalue weighted by Crippen LogP contribution is -2.38. The summed E-state index contributed by atoms with van der Waals surface area (Å²) in [7, 11) is 0. The molecule has 2 saturated carbocycles. The highest BCUT2D eigenvalue weighted by Crippen LogP contribution is 2.38. The molecular weight excluding hydrogens is 347 g/mol. The van der Waals surface area contributed by atoms with Crippen LogP contribution in [-0.4, -0.2) is 40.1 Å². The van der Waals surface area contributed by atoms with E-state index in [-0.39, 0.29) is 60.9 Å². The molecule has 3 fully saturated rings. The number of halogens is 1. The molecule has 2 aliphatic carbocycles. The predicted molar refractivity (Wildman–Crippen MR) is 96.8 cm³/mol. The zero-order chi connectivity index (χ0) is 19.0. The van der Waals surface area contributed by atoms with Gasteiger partial charge < -0.3 is 4.90 Å². The lowest BCUT2D eigenvalue weighted by molar-refractivity contribution is -0.141. The van der Waals surface area contributed by atoms with Crippen molar-refractivity contribution in [3.05, 3.63) is 35.6 Å². The number of likely N-dealkylation sites (tertiary alicyclic amines) is 1. The first-order valence-corrected chi connectivity index (χ1v) is 9.94. The highest BCUT2D eigenvalue weighted by atomic mass is 19.1. The van der Waals surface area contributed by atoms with Gasteiger partial charge in [-0.05, 0) is 31.7 Å². The first-order valence-electron chi connectivity index (χ1n) is 9.94. The molecule has 5 nitrogen and oxygen atoms in total. The largest absolute Gasteiger partial charge is 0.335 e. The maximum Gasteiger partial charge on any atom is 0.233 e. The third kappa shape index (κ3) is 3.62. The Bertz CT molecular complexity index is 738. The van der Waals surface area contributed by atoms with Crippen molar-refractivity contribution in [1.82, 2.24) is 9.80 Å². The molecule has 1 heterocycles. The van der Waals surface area contributed by atoms with Gasteiger partial charge >= 0.3 is 0 Å². The molecular formula is C21H25FN2O3. The van der Waals surface area contributed by atoms with Gasteiger partial charge in [0.25, 0.3) is 0 Å². The van der Waals surface area contributed by atoms with Crippen molar-refractivity contribution in [3.63, 3.8) is 0 Å². The van der Waals surface area contributed by atoms with Gasteiger partial charge in [0.15, 0.2) is 0 Å². The number of hydrogen-bond acceptors (Lipinski definition) is 3. The second kappa shape index (κ2) is 7.41. The van der Waals surface area contributed by atoms with Gasteiger partial charge in [-0.25, -0.2) is 4.39 Å². The van der Waals surface area contributed by atoms with Gasteiger partial charge in [-0.2, -0.15) is 0 Å². The number of nitrogens with zero attached hydrogens (tertiary/aromatic N) is 2.